The van der Waals surface area contributed by atoms with E-state index in [1.54, 1.807) is 12.1 Å². The van der Waals surface area contributed by atoms with Crippen molar-refractivity contribution in [3.05, 3.63) is 82.9 Å². The molecule has 0 bridgehead atoms. The van der Waals surface area contributed by atoms with E-state index in [1.807, 2.05) is 36.4 Å². The van der Waals surface area contributed by atoms with Gasteiger partial charge >= 0.3 is 37.7 Å². The zero-order valence-electron chi connectivity index (χ0n) is 44.2. The minimum Gasteiger partial charge on any atom is -0.744 e. The third kappa shape index (κ3) is 26.3. The van der Waals surface area contributed by atoms with E-state index in [0.717, 1.165) is 72.9 Å². The first-order valence-electron chi connectivity index (χ1n) is 27.9. The zero-order valence-corrected chi connectivity index (χ0v) is 48.0. The molecule has 0 N–H and O–H groups in total. The summed E-state index contributed by atoms with van der Waals surface area (Å²) < 4.78 is 72.0. The van der Waals surface area contributed by atoms with Gasteiger partial charge in [0.2, 0.25) is 0 Å². The number of rotatable bonds is 38. The summed E-state index contributed by atoms with van der Waals surface area (Å²) >= 11 is 0. The van der Waals surface area contributed by atoms with Crippen LogP contribution in [-0.2, 0) is 45.9 Å². The van der Waals surface area contributed by atoms with E-state index in [4.69, 9.17) is 0 Å². The minimum absolute atomic E-state index is 0. The number of unbranched alkanes of at least 4 members (excludes halogenated alkanes) is 28. The Balaban J connectivity index is 0.000000467. The molecule has 0 amide bonds. The average molecular weight is 1020 g/mol. The average Bonchev–Trinajstić information content (AvgIpc) is 3.31. The van der Waals surface area contributed by atoms with Gasteiger partial charge < -0.3 is 9.11 Å². The molecule has 9 heteroatoms. The molecule has 0 aliphatic heterocycles. The standard InChI is InChI=1S/2C30H48O3S.Ca/c2*1-3-5-7-9-11-13-15-17-20-26-22-19-23-27-25-30(34(31,32)33)28(24-29(26)27)21-18-16-14-12-10-8-6-4-2;/h2*19,22-25H,3-18,20-21H2,1-2H3,(H,31,32,33);/q;;+2/p-2. The maximum Gasteiger partial charge on any atom is 2.00 e. The van der Waals surface area contributed by atoms with Crippen molar-refractivity contribution in [2.24, 2.45) is 0 Å². The van der Waals surface area contributed by atoms with Crippen LogP contribution >= 0.6 is 0 Å². The fourth-order valence-corrected chi connectivity index (χ4v) is 11.4. The third-order valence-corrected chi connectivity index (χ3v) is 15.9. The normalized spacial score (nSPS) is 11.8. The number of benzene rings is 4. The molecule has 0 aliphatic rings. The van der Waals surface area contributed by atoms with Crippen molar-refractivity contribution in [3.8, 4) is 0 Å². The van der Waals surface area contributed by atoms with Crippen LogP contribution in [0.25, 0.3) is 21.5 Å². The number of hydrogen-bond acceptors (Lipinski definition) is 6. The molecule has 384 valence electrons. The van der Waals surface area contributed by atoms with Gasteiger partial charge in [-0.15, -0.1) is 0 Å². The maximum absolute atomic E-state index is 12.0. The molecule has 0 unspecified atom stereocenters. The van der Waals surface area contributed by atoms with Gasteiger partial charge in [0.1, 0.15) is 20.2 Å². The Labute approximate surface area is 453 Å². The van der Waals surface area contributed by atoms with Crippen molar-refractivity contribution >= 4 is 79.5 Å². The van der Waals surface area contributed by atoms with Gasteiger partial charge in [-0.25, -0.2) is 16.8 Å². The Kier molecular flexibility index (Phi) is 35.1. The Morgan fingerprint density at radius 2 is 0.551 bits per heavy atom. The first-order chi connectivity index (χ1) is 32.9. The van der Waals surface area contributed by atoms with Crippen LogP contribution < -0.4 is 0 Å². The van der Waals surface area contributed by atoms with E-state index >= 15 is 0 Å². The van der Waals surface area contributed by atoms with Crippen molar-refractivity contribution in [1.82, 2.24) is 0 Å². The van der Waals surface area contributed by atoms with Crippen LogP contribution in [0, 0.1) is 0 Å². The predicted octanol–water partition coefficient (Wildman–Crippen LogP) is 17.8. The third-order valence-electron chi connectivity index (χ3n) is 14.0. The van der Waals surface area contributed by atoms with Crippen LogP contribution in [0.15, 0.2) is 70.5 Å². The van der Waals surface area contributed by atoms with Crippen LogP contribution in [0.5, 0.6) is 0 Å². The Morgan fingerprint density at radius 1 is 0.319 bits per heavy atom. The molecule has 4 aromatic rings. The molecular formula is C60H94CaO6S2. The van der Waals surface area contributed by atoms with Crippen molar-refractivity contribution in [2.75, 3.05) is 0 Å². The number of aryl methyl sites for hydroxylation is 4. The van der Waals surface area contributed by atoms with Gasteiger partial charge in [-0.3, -0.25) is 0 Å². The van der Waals surface area contributed by atoms with E-state index in [0.29, 0.717) is 24.0 Å². The van der Waals surface area contributed by atoms with Crippen LogP contribution in [0.1, 0.15) is 255 Å². The predicted molar refractivity (Wildman–Crippen MR) is 295 cm³/mol. The number of hydrogen-bond donors (Lipinski definition) is 0. The van der Waals surface area contributed by atoms with Crippen LogP contribution in [0.2, 0.25) is 0 Å². The largest absolute Gasteiger partial charge is 2.00 e. The summed E-state index contributed by atoms with van der Waals surface area (Å²) in [5.74, 6) is 0. The summed E-state index contributed by atoms with van der Waals surface area (Å²) in [5.41, 5.74) is 3.96. The van der Waals surface area contributed by atoms with Crippen LogP contribution in [0.4, 0.5) is 0 Å². The molecule has 69 heavy (non-hydrogen) atoms. The molecule has 4 rings (SSSR count). The van der Waals surface area contributed by atoms with Gasteiger partial charge in [0.05, 0.1) is 9.79 Å². The van der Waals surface area contributed by atoms with Crippen LogP contribution in [-0.4, -0.2) is 63.7 Å². The molecule has 0 saturated carbocycles. The summed E-state index contributed by atoms with van der Waals surface area (Å²) in [6, 6.07) is 19.4. The molecule has 4 aromatic carbocycles. The summed E-state index contributed by atoms with van der Waals surface area (Å²) in [6.45, 7) is 8.96. The summed E-state index contributed by atoms with van der Waals surface area (Å²) in [6.07, 6.45) is 43.2. The van der Waals surface area contributed by atoms with Crippen molar-refractivity contribution < 1.29 is 25.9 Å². The fourth-order valence-electron chi connectivity index (χ4n) is 9.92. The second-order valence-corrected chi connectivity index (χ2v) is 22.7. The Hall–Kier alpha value is -1.52. The Morgan fingerprint density at radius 3 is 0.797 bits per heavy atom. The molecular weight excluding hydrogens is 921 g/mol. The Bertz CT molecular complexity index is 2030. The molecule has 0 aromatic heterocycles. The van der Waals surface area contributed by atoms with Gasteiger partial charge in [-0.1, -0.05) is 244 Å². The molecule has 0 spiro atoms. The topological polar surface area (TPSA) is 114 Å². The second-order valence-electron chi connectivity index (χ2n) is 20.0. The first kappa shape index (κ1) is 63.6. The quantitative estimate of drug-likeness (QED) is 0.0251. The summed E-state index contributed by atoms with van der Waals surface area (Å²) in [7, 11) is -8.96. The SMILES string of the molecule is CCCCCCCCCCc1cc2c(CCCCCCCCCC)cccc2cc1S(=O)(=O)[O-].CCCCCCCCCCc1cc2c(CCCCCCCCCC)cccc2cc1S(=O)(=O)[O-].[Ca+2]. The number of fused-ring (bicyclic) bond motifs is 2. The van der Waals surface area contributed by atoms with E-state index < -0.39 is 20.2 Å². The monoisotopic (exact) mass is 1010 g/mol. The minimum atomic E-state index is -4.48. The molecule has 6 nitrogen and oxygen atoms in total. The first-order valence-corrected chi connectivity index (χ1v) is 30.8. The molecule has 0 fully saturated rings. The van der Waals surface area contributed by atoms with Gasteiger partial charge in [0.25, 0.3) is 0 Å². The molecule has 0 radical (unpaired) electrons. The molecule has 0 saturated heterocycles. The van der Waals surface area contributed by atoms with Crippen molar-refractivity contribution in [2.45, 2.75) is 269 Å². The van der Waals surface area contributed by atoms with Gasteiger partial charge in [-0.2, -0.15) is 0 Å². The van der Waals surface area contributed by atoms with E-state index in [2.05, 4.69) is 39.8 Å². The summed E-state index contributed by atoms with van der Waals surface area (Å²) in [5, 5.41) is 3.97. The summed E-state index contributed by atoms with van der Waals surface area (Å²) in [4.78, 5) is -0.0423. The molecule has 0 aliphatic carbocycles. The van der Waals surface area contributed by atoms with E-state index in [1.165, 1.54) is 178 Å². The molecule has 0 heterocycles. The second kappa shape index (κ2) is 38.1. The van der Waals surface area contributed by atoms with E-state index in [9.17, 15) is 25.9 Å². The van der Waals surface area contributed by atoms with Crippen molar-refractivity contribution in [3.63, 3.8) is 0 Å². The molecule has 0 atom stereocenters. The van der Waals surface area contributed by atoms with E-state index in [-0.39, 0.29) is 47.5 Å². The fraction of sp³-hybridized carbons (Fsp3) is 0.667. The van der Waals surface area contributed by atoms with Crippen molar-refractivity contribution in [1.29, 1.82) is 0 Å². The zero-order chi connectivity index (χ0) is 49.3. The van der Waals surface area contributed by atoms with Gasteiger partial charge in [0.15, 0.2) is 0 Å². The smallest absolute Gasteiger partial charge is 0.744 e. The van der Waals surface area contributed by atoms with Gasteiger partial charge in [-0.05, 0) is 119 Å². The van der Waals surface area contributed by atoms with Gasteiger partial charge in [0, 0.05) is 0 Å². The maximum atomic E-state index is 12.0. The van der Waals surface area contributed by atoms with Crippen LogP contribution in [0.3, 0.4) is 0 Å².